The van der Waals surface area contributed by atoms with E-state index in [9.17, 15) is 9.90 Å². The summed E-state index contributed by atoms with van der Waals surface area (Å²) in [5, 5.41) is 12.9. The Balaban J connectivity index is 1.43. The van der Waals surface area contributed by atoms with Crippen molar-refractivity contribution in [2.24, 2.45) is 5.92 Å². The van der Waals surface area contributed by atoms with E-state index in [0.717, 1.165) is 52.0 Å². The number of likely N-dealkylation sites (tertiary alicyclic amines) is 1. The first kappa shape index (κ1) is 18.4. The van der Waals surface area contributed by atoms with Crippen LogP contribution in [-0.2, 0) is 16.0 Å². The highest BCUT2D eigenvalue weighted by Crippen LogP contribution is 2.24. The third-order valence-corrected chi connectivity index (χ3v) is 5.47. The van der Waals surface area contributed by atoms with E-state index in [0.29, 0.717) is 12.5 Å². The maximum absolute atomic E-state index is 12.3. The van der Waals surface area contributed by atoms with Gasteiger partial charge in [0, 0.05) is 57.3 Å². The van der Waals surface area contributed by atoms with Gasteiger partial charge in [0.2, 0.25) is 5.91 Å². The fourth-order valence-electron chi connectivity index (χ4n) is 3.98. The first-order chi connectivity index (χ1) is 12.3. The molecule has 3 rings (SSSR count). The lowest BCUT2D eigenvalue weighted by Gasteiger charge is -2.31. The van der Waals surface area contributed by atoms with Gasteiger partial charge in [-0.2, -0.15) is 0 Å². The Morgan fingerprint density at radius 1 is 1.20 bits per heavy atom. The van der Waals surface area contributed by atoms with Crippen molar-refractivity contribution in [2.75, 3.05) is 32.9 Å². The summed E-state index contributed by atoms with van der Waals surface area (Å²) < 4.78 is 5.44. The molecule has 2 N–H and O–H groups in total. The lowest BCUT2D eigenvalue weighted by molar-refractivity contribution is -0.122. The van der Waals surface area contributed by atoms with E-state index >= 15 is 0 Å². The Kier molecular flexibility index (Phi) is 6.84. The number of benzene rings is 1. The number of ether oxygens (including phenoxy) is 1. The highest BCUT2D eigenvalue weighted by molar-refractivity contribution is 5.76. The van der Waals surface area contributed by atoms with Crippen molar-refractivity contribution in [3.63, 3.8) is 0 Å². The van der Waals surface area contributed by atoms with Crippen LogP contribution in [0.2, 0.25) is 0 Å². The van der Waals surface area contributed by atoms with Gasteiger partial charge in [0.05, 0.1) is 0 Å². The van der Waals surface area contributed by atoms with Gasteiger partial charge < -0.3 is 15.2 Å². The summed E-state index contributed by atoms with van der Waals surface area (Å²) in [6, 6.07) is 10.9. The molecular weight excluding hydrogens is 316 g/mol. The summed E-state index contributed by atoms with van der Waals surface area (Å²) in [6.45, 7) is 3.49. The largest absolute Gasteiger partial charge is 0.396 e. The topological polar surface area (TPSA) is 61.8 Å². The first-order valence-electron chi connectivity index (χ1n) is 9.52. The SMILES string of the molecule is O=C(CCCc1ccccc1)N[C@@H]1CN(C2CCOCC2)C[C@H]1CO. The Labute approximate surface area is 150 Å². The molecular formula is C20H30N2O3. The average Bonchev–Trinajstić information content (AvgIpc) is 3.06. The molecule has 1 aromatic carbocycles. The van der Waals surface area contributed by atoms with Crippen LogP contribution in [0.15, 0.2) is 30.3 Å². The summed E-state index contributed by atoms with van der Waals surface area (Å²) in [6.07, 6.45) is 4.43. The van der Waals surface area contributed by atoms with Crippen LogP contribution in [0, 0.1) is 5.92 Å². The molecule has 1 aromatic rings. The number of carbonyl (C=O) groups excluding carboxylic acids is 1. The molecule has 5 heteroatoms. The van der Waals surface area contributed by atoms with Crippen LogP contribution >= 0.6 is 0 Å². The fraction of sp³-hybridized carbons (Fsp3) is 0.650. The Hall–Kier alpha value is -1.43. The number of aliphatic hydroxyl groups is 1. The molecule has 0 unspecified atom stereocenters. The lowest BCUT2D eigenvalue weighted by atomic mass is 10.0. The minimum Gasteiger partial charge on any atom is -0.396 e. The molecule has 138 valence electrons. The zero-order valence-corrected chi connectivity index (χ0v) is 14.9. The van der Waals surface area contributed by atoms with Gasteiger partial charge in [-0.3, -0.25) is 9.69 Å². The fourth-order valence-corrected chi connectivity index (χ4v) is 3.98. The van der Waals surface area contributed by atoms with Gasteiger partial charge in [-0.05, 0) is 31.2 Å². The summed E-state index contributed by atoms with van der Waals surface area (Å²) in [5.41, 5.74) is 1.27. The van der Waals surface area contributed by atoms with E-state index in [1.165, 1.54) is 5.56 Å². The number of aliphatic hydroxyl groups excluding tert-OH is 1. The van der Waals surface area contributed by atoms with Gasteiger partial charge in [0.15, 0.2) is 0 Å². The molecule has 5 nitrogen and oxygen atoms in total. The maximum Gasteiger partial charge on any atom is 0.220 e. The molecule has 2 aliphatic heterocycles. The van der Waals surface area contributed by atoms with Crippen LogP contribution in [0.5, 0.6) is 0 Å². The van der Waals surface area contributed by atoms with Crippen molar-refractivity contribution in [2.45, 2.75) is 44.2 Å². The highest BCUT2D eigenvalue weighted by Gasteiger charge is 2.36. The second-order valence-corrected chi connectivity index (χ2v) is 7.25. The monoisotopic (exact) mass is 346 g/mol. The van der Waals surface area contributed by atoms with Crippen molar-refractivity contribution in [1.29, 1.82) is 0 Å². The summed E-state index contributed by atoms with van der Waals surface area (Å²) in [7, 11) is 0. The molecule has 2 saturated heterocycles. The molecule has 2 heterocycles. The van der Waals surface area contributed by atoms with Gasteiger partial charge in [-0.1, -0.05) is 30.3 Å². The van der Waals surface area contributed by atoms with Crippen molar-refractivity contribution in [1.82, 2.24) is 10.2 Å². The minimum atomic E-state index is 0.0667. The average molecular weight is 346 g/mol. The predicted molar refractivity (Wildman–Crippen MR) is 97.3 cm³/mol. The summed E-state index contributed by atoms with van der Waals surface area (Å²) >= 11 is 0. The predicted octanol–water partition coefficient (Wildman–Crippen LogP) is 1.60. The summed E-state index contributed by atoms with van der Waals surface area (Å²) in [5.74, 6) is 0.245. The van der Waals surface area contributed by atoms with Crippen molar-refractivity contribution >= 4 is 5.91 Å². The zero-order valence-electron chi connectivity index (χ0n) is 14.9. The molecule has 0 bridgehead atoms. The molecule has 25 heavy (non-hydrogen) atoms. The normalized spacial score (nSPS) is 25.2. The van der Waals surface area contributed by atoms with E-state index in [-0.39, 0.29) is 24.5 Å². The lowest BCUT2D eigenvalue weighted by Crippen LogP contribution is -2.43. The number of hydrogen-bond acceptors (Lipinski definition) is 4. The quantitative estimate of drug-likeness (QED) is 0.787. The molecule has 0 spiro atoms. The van der Waals surface area contributed by atoms with Gasteiger partial charge in [-0.15, -0.1) is 0 Å². The number of carbonyl (C=O) groups is 1. The van der Waals surface area contributed by atoms with Crippen LogP contribution < -0.4 is 5.32 Å². The Bertz CT molecular complexity index is 531. The Morgan fingerprint density at radius 2 is 1.96 bits per heavy atom. The van der Waals surface area contributed by atoms with Crippen LogP contribution in [-0.4, -0.2) is 60.9 Å². The molecule has 0 saturated carbocycles. The number of aryl methyl sites for hydroxylation is 1. The van der Waals surface area contributed by atoms with Crippen LogP contribution in [0.25, 0.3) is 0 Å². The summed E-state index contributed by atoms with van der Waals surface area (Å²) in [4.78, 5) is 14.7. The van der Waals surface area contributed by atoms with Gasteiger partial charge in [0.1, 0.15) is 0 Å². The molecule has 0 aliphatic carbocycles. The smallest absolute Gasteiger partial charge is 0.220 e. The molecule has 2 fully saturated rings. The molecule has 2 aliphatic rings. The van der Waals surface area contributed by atoms with Gasteiger partial charge in [0.25, 0.3) is 0 Å². The molecule has 2 atom stereocenters. The van der Waals surface area contributed by atoms with E-state index in [2.05, 4.69) is 22.3 Å². The second-order valence-electron chi connectivity index (χ2n) is 7.25. The maximum atomic E-state index is 12.3. The second kappa shape index (κ2) is 9.32. The molecule has 0 aromatic heterocycles. The Morgan fingerprint density at radius 3 is 2.68 bits per heavy atom. The highest BCUT2D eigenvalue weighted by atomic mass is 16.5. The van der Waals surface area contributed by atoms with Crippen LogP contribution in [0.3, 0.4) is 0 Å². The standard InChI is InChI=1S/C20H30N2O3/c23-15-17-13-22(18-9-11-25-12-10-18)14-19(17)21-20(24)8-4-7-16-5-2-1-3-6-16/h1-3,5-6,17-19,23H,4,7-15H2,(H,21,24)/t17-,19+/m0/s1. The van der Waals surface area contributed by atoms with Crippen molar-refractivity contribution < 1.29 is 14.6 Å². The number of nitrogens with one attached hydrogen (secondary N) is 1. The van der Waals surface area contributed by atoms with Crippen molar-refractivity contribution in [3.8, 4) is 0 Å². The number of nitrogens with zero attached hydrogens (tertiary/aromatic N) is 1. The third kappa shape index (κ3) is 5.27. The number of rotatable bonds is 7. The third-order valence-electron chi connectivity index (χ3n) is 5.47. The zero-order chi connectivity index (χ0) is 17.5. The van der Waals surface area contributed by atoms with E-state index in [1.807, 2.05) is 18.2 Å². The van der Waals surface area contributed by atoms with Crippen molar-refractivity contribution in [3.05, 3.63) is 35.9 Å². The number of amides is 1. The van der Waals surface area contributed by atoms with Crippen LogP contribution in [0.4, 0.5) is 0 Å². The molecule has 0 radical (unpaired) electrons. The van der Waals surface area contributed by atoms with E-state index in [4.69, 9.17) is 4.74 Å². The molecule has 1 amide bonds. The van der Waals surface area contributed by atoms with Crippen LogP contribution in [0.1, 0.15) is 31.2 Å². The van der Waals surface area contributed by atoms with Gasteiger partial charge in [-0.25, -0.2) is 0 Å². The van der Waals surface area contributed by atoms with E-state index < -0.39 is 0 Å². The minimum absolute atomic E-state index is 0.0667. The first-order valence-corrected chi connectivity index (χ1v) is 9.52. The number of hydrogen-bond donors (Lipinski definition) is 2. The van der Waals surface area contributed by atoms with E-state index in [1.54, 1.807) is 0 Å². The van der Waals surface area contributed by atoms with Gasteiger partial charge >= 0.3 is 0 Å².